The molecule has 2 aromatic carbocycles. The molecular weight excluding hydrogens is 264 g/mol. The van der Waals surface area contributed by atoms with Gasteiger partial charge in [-0.3, -0.25) is 4.68 Å². The summed E-state index contributed by atoms with van der Waals surface area (Å²) in [6, 6.07) is 19.4. The SMILES string of the molecule is Cn1nc(-c2ccccc2-c2ccccc2)cc1C(=O)O. The summed E-state index contributed by atoms with van der Waals surface area (Å²) in [5.74, 6) is -0.978. The van der Waals surface area contributed by atoms with E-state index in [2.05, 4.69) is 5.10 Å². The van der Waals surface area contributed by atoms with E-state index in [0.29, 0.717) is 5.69 Å². The number of hydrogen-bond donors (Lipinski definition) is 1. The first kappa shape index (κ1) is 13.1. The number of aromatic carboxylic acids is 1. The highest BCUT2D eigenvalue weighted by molar-refractivity contribution is 5.89. The van der Waals surface area contributed by atoms with E-state index in [1.165, 1.54) is 4.68 Å². The third-order valence-corrected chi connectivity index (χ3v) is 3.39. The van der Waals surface area contributed by atoms with E-state index < -0.39 is 5.97 Å². The second-order valence-electron chi connectivity index (χ2n) is 4.76. The number of hydrogen-bond acceptors (Lipinski definition) is 2. The summed E-state index contributed by atoms with van der Waals surface area (Å²) in [4.78, 5) is 11.2. The van der Waals surface area contributed by atoms with Crippen LogP contribution in [0.2, 0.25) is 0 Å². The highest BCUT2D eigenvalue weighted by Gasteiger charge is 2.15. The quantitative estimate of drug-likeness (QED) is 0.798. The van der Waals surface area contributed by atoms with Crippen LogP contribution >= 0.6 is 0 Å². The number of benzene rings is 2. The molecule has 0 amide bonds. The molecule has 3 aromatic rings. The Balaban J connectivity index is 2.16. The molecule has 0 aliphatic heterocycles. The van der Waals surface area contributed by atoms with Crippen LogP contribution in [0.5, 0.6) is 0 Å². The van der Waals surface area contributed by atoms with Crippen LogP contribution < -0.4 is 0 Å². The van der Waals surface area contributed by atoms with Gasteiger partial charge < -0.3 is 5.11 Å². The van der Waals surface area contributed by atoms with Crippen LogP contribution in [0.4, 0.5) is 0 Å². The fourth-order valence-electron chi connectivity index (χ4n) is 2.37. The second kappa shape index (κ2) is 5.25. The van der Waals surface area contributed by atoms with Crippen molar-refractivity contribution in [3.05, 3.63) is 66.4 Å². The fourth-order valence-corrected chi connectivity index (χ4v) is 2.37. The number of carboxylic acids is 1. The van der Waals surface area contributed by atoms with Gasteiger partial charge in [-0.05, 0) is 17.2 Å². The smallest absolute Gasteiger partial charge is 0.354 e. The maximum Gasteiger partial charge on any atom is 0.354 e. The van der Waals surface area contributed by atoms with Crippen molar-refractivity contribution in [3.8, 4) is 22.4 Å². The number of aromatic nitrogens is 2. The zero-order chi connectivity index (χ0) is 14.8. The Morgan fingerprint density at radius 3 is 2.24 bits per heavy atom. The van der Waals surface area contributed by atoms with Gasteiger partial charge in [0.25, 0.3) is 0 Å². The van der Waals surface area contributed by atoms with Crippen LogP contribution in [-0.4, -0.2) is 20.9 Å². The molecule has 3 rings (SSSR count). The zero-order valence-corrected chi connectivity index (χ0v) is 11.5. The third kappa shape index (κ3) is 2.43. The van der Waals surface area contributed by atoms with Gasteiger partial charge in [0.2, 0.25) is 0 Å². The van der Waals surface area contributed by atoms with Crippen LogP contribution in [0.1, 0.15) is 10.5 Å². The van der Waals surface area contributed by atoms with Gasteiger partial charge in [0.1, 0.15) is 5.69 Å². The molecule has 0 atom stereocenters. The predicted octanol–water partition coefficient (Wildman–Crippen LogP) is 3.45. The van der Waals surface area contributed by atoms with Crippen LogP contribution in [0.3, 0.4) is 0 Å². The Bertz CT molecular complexity index is 792. The third-order valence-electron chi connectivity index (χ3n) is 3.39. The van der Waals surface area contributed by atoms with Crippen molar-refractivity contribution < 1.29 is 9.90 Å². The van der Waals surface area contributed by atoms with Gasteiger partial charge in [0.15, 0.2) is 0 Å². The second-order valence-corrected chi connectivity index (χ2v) is 4.76. The van der Waals surface area contributed by atoms with Crippen LogP contribution in [0.25, 0.3) is 22.4 Å². The number of aryl methyl sites for hydroxylation is 1. The Kier molecular flexibility index (Phi) is 3.28. The molecule has 0 saturated heterocycles. The zero-order valence-electron chi connectivity index (χ0n) is 11.5. The maximum absolute atomic E-state index is 11.2. The summed E-state index contributed by atoms with van der Waals surface area (Å²) < 4.78 is 1.39. The summed E-state index contributed by atoms with van der Waals surface area (Å²) in [5, 5.41) is 13.5. The van der Waals surface area contributed by atoms with Gasteiger partial charge in [0.05, 0.1) is 5.69 Å². The van der Waals surface area contributed by atoms with Crippen molar-refractivity contribution >= 4 is 5.97 Å². The van der Waals surface area contributed by atoms with Gasteiger partial charge in [0, 0.05) is 12.6 Å². The van der Waals surface area contributed by atoms with Crippen LogP contribution in [0.15, 0.2) is 60.7 Å². The van der Waals surface area contributed by atoms with E-state index in [4.69, 9.17) is 5.11 Å². The first-order valence-electron chi connectivity index (χ1n) is 6.59. The molecule has 0 aliphatic rings. The van der Waals surface area contributed by atoms with Crippen molar-refractivity contribution in [1.82, 2.24) is 9.78 Å². The minimum absolute atomic E-state index is 0.174. The van der Waals surface area contributed by atoms with Crippen LogP contribution in [0, 0.1) is 0 Å². The van der Waals surface area contributed by atoms with Crippen molar-refractivity contribution in [2.75, 3.05) is 0 Å². The molecule has 4 nitrogen and oxygen atoms in total. The molecular formula is C17H14N2O2. The van der Waals surface area contributed by atoms with Gasteiger partial charge >= 0.3 is 5.97 Å². The maximum atomic E-state index is 11.2. The molecule has 0 aliphatic carbocycles. The molecule has 0 unspecified atom stereocenters. The monoisotopic (exact) mass is 278 g/mol. The molecule has 104 valence electrons. The normalized spacial score (nSPS) is 10.5. The fraction of sp³-hybridized carbons (Fsp3) is 0.0588. The lowest BCUT2D eigenvalue weighted by Gasteiger charge is -2.07. The lowest BCUT2D eigenvalue weighted by molar-refractivity contribution is 0.0685. The number of carbonyl (C=O) groups is 1. The van der Waals surface area contributed by atoms with E-state index in [-0.39, 0.29) is 5.69 Å². The minimum atomic E-state index is -0.978. The Morgan fingerprint density at radius 2 is 1.62 bits per heavy atom. The molecule has 0 bridgehead atoms. The summed E-state index contributed by atoms with van der Waals surface area (Å²) in [6.45, 7) is 0. The van der Waals surface area contributed by atoms with Crippen molar-refractivity contribution in [2.24, 2.45) is 7.05 Å². The lowest BCUT2D eigenvalue weighted by atomic mass is 9.98. The first-order valence-corrected chi connectivity index (χ1v) is 6.59. The van der Waals surface area contributed by atoms with Gasteiger partial charge in [-0.1, -0.05) is 54.6 Å². The van der Waals surface area contributed by atoms with Crippen molar-refractivity contribution in [3.63, 3.8) is 0 Å². The Labute approximate surface area is 122 Å². The van der Waals surface area contributed by atoms with E-state index in [1.54, 1.807) is 13.1 Å². The topological polar surface area (TPSA) is 55.1 Å². The average Bonchev–Trinajstić information content (AvgIpc) is 2.90. The minimum Gasteiger partial charge on any atom is -0.477 e. The summed E-state index contributed by atoms with van der Waals surface area (Å²) in [7, 11) is 1.64. The first-order chi connectivity index (χ1) is 10.2. The molecule has 0 radical (unpaired) electrons. The number of nitrogens with zero attached hydrogens (tertiary/aromatic N) is 2. The van der Waals surface area contributed by atoms with E-state index in [9.17, 15) is 4.79 Å². The standard InChI is InChI=1S/C17H14N2O2/c1-19-16(17(20)21)11-15(18-19)14-10-6-5-9-13(14)12-7-3-2-4-8-12/h2-11H,1H3,(H,20,21). The molecule has 1 aromatic heterocycles. The van der Waals surface area contributed by atoms with E-state index in [1.807, 2.05) is 54.6 Å². The highest BCUT2D eigenvalue weighted by atomic mass is 16.4. The van der Waals surface area contributed by atoms with Crippen molar-refractivity contribution in [2.45, 2.75) is 0 Å². The average molecular weight is 278 g/mol. The highest BCUT2D eigenvalue weighted by Crippen LogP contribution is 2.31. The summed E-state index contributed by atoms with van der Waals surface area (Å²) >= 11 is 0. The van der Waals surface area contributed by atoms with E-state index >= 15 is 0 Å². The molecule has 1 heterocycles. The Hall–Kier alpha value is -2.88. The van der Waals surface area contributed by atoms with Crippen molar-refractivity contribution in [1.29, 1.82) is 0 Å². The molecule has 0 spiro atoms. The number of carboxylic acid groups (broad SMARTS) is 1. The van der Waals surface area contributed by atoms with Gasteiger partial charge in [-0.25, -0.2) is 4.79 Å². The molecule has 1 N–H and O–H groups in total. The summed E-state index contributed by atoms with van der Waals surface area (Å²) in [6.07, 6.45) is 0. The van der Waals surface area contributed by atoms with Crippen LogP contribution in [-0.2, 0) is 7.05 Å². The predicted molar refractivity (Wildman–Crippen MR) is 81.0 cm³/mol. The Morgan fingerprint density at radius 1 is 1.00 bits per heavy atom. The van der Waals surface area contributed by atoms with Gasteiger partial charge in [-0.2, -0.15) is 5.10 Å². The molecule has 21 heavy (non-hydrogen) atoms. The molecule has 4 heteroatoms. The molecule has 0 fully saturated rings. The van der Waals surface area contributed by atoms with E-state index in [0.717, 1.165) is 16.7 Å². The lowest BCUT2D eigenvalue weighted by Crippen LogP contribution is -2.04. The summed E-state index contributed by atoms with van der Waals surface area (Å²) in [5.41, 5.74) is 3.87. The largest absolute Gasteiger partial charge is 0.477 e. The number of rotatable bonds is 3. The molecule has 0 saturated carbocycles. The van der Waals surface area contributed by atoms with Gasteiger partial charge in [-0.15, -0.1) is 0 Å².